The van der Waals surface area contributed by atoms with Crippen molar-refractivity contribution in [3.05, 3.63) is 58.5 Å². The van der Waals surface area contributed by atoms with Crippen molar-refractivity contribution in [1.82, 2.24) is 4.90 Å². The van der Waals surface area contributed by atoms with Gasteiger partial charge in [-0.1, -0.05) is 12.1 Å². The summed E-state index contributed by atoms with van der Waals surface area (Å²) in [5, 5.41) is 25.2. The van der Waals surface area contributed by atoms with E-state index >= 15 is 0 Å². The van der Waals surface area contributed by atoms with Crippen LogP contribution in [0.1, 0.15) is 35.5 Å². The lowest BCUT2D eigenvalue weighted by Gasteiger charge is -2.37. The smallest absolute Gasteiger partial charge is 0.328 e. The first-order valence-corrected chi connectivity index (χ1v) is 13.1. The third-order valence-electron chi connectivity index (χ3n) is 5.53. The number of aryl methyl sites for hydroxylation is 1. The Labute approximate surface area is 209 Å². The number of thioether (sulfide) groups is 1. The van der Waals surface area contributed by atoms with Crippen LogP contribution in [0.25, 0.3) is 0 Å². The minimum atomic E-state index is -1.26. The Balaban J connectivity index is 0.000000440. The van der Waals surface area contributed by atoms with Gasteiger partial charge in [0.1, 0.15) is 0 Å². The predicted molar refractivity (Wildman–Crippen MR) is 139 cm³/mol. The monoisotopic (exact) mass is 506 g/mol. The molecular formula is C25H34N2O5S2. The number of rotatable bonds is 9. The molecule has 1 saturated heterocycles. The van der Waals surface area contributed by atoms with Gasteiger partial charge in [0.15, 0.2) is 0 Å². The van der Waals surface area contributed by atoms with E-state index in [1.54, 1.807) is 11.3 Å². The van der Waals surface area contributed by atoms with Gasteiger partial charge in [-0.15, -0.1) is 23.1 Å². The zero-order valence-electron chi connectivity index (χ0n) is 19.9. The molecule has 7 nitrogen and oxygen atoms in total. The van der Waals surface area contributed by atoms with Crippen molar-refractivity contribution in [3.63, 3.8) is 0 Å². The van der Waals surface area contributed by atoms with Crippen molar-refractivity contribution in [2.45, 2.75) is 37.5 Å². The number of aliphatic hydroxyl groups excluding tert-OH is 1. The Morgan fingerprint density at radius 3 is 2.26 bits per heavy atom. The molecule has 34 heavy (non-hydrogen) atoms. The van der Waals surface area contributed by atoms with Gasteiger partial charge in [0.05, 0.1) is 10.3 Å². The molecule has 0 spiro atoms. The number of hydrogen-bond donors (Lipinski definition) is 3. The van der Waals surface area contributed by atoms with Crippen LogP contribution in [0.15, 0.2) is 46.7 Å². The fourth-order valence-corrected chi connectivity index (χ4v) is 5.62. The van der Waals surface area contributed by atoms with Gasteiger partial charge in [-0.05, 0) is 63.1 Å². The number of hydrogen-bond acceptors (Lipinski definition) is 7. The van der Waals surface area contributed by atoms with Gasteiger partial charge in [0.25, 0.3) is 0 Å². The molecule has 1 atom stereocenters. The summed E-state index contributed by atoms with van der Waals surface area (Å²) < 4.78 is 1.32. The maximum atomic E-state index is 9.61. The van der Waals surface area contributed by atoms with Crippen LogP contribution in [0.3, 0.4) is 0 Å². The molecule has 1 aromatic carbocycles. The van der Waals surface area contributed by atoms with Crippen LogP contribution in [0.4, 0.5) is 5.69 Å². The summed E-state index contributed by atoms with van der Waals surface area (Å²) in [6.45, 7) is 12.0. The summed E-state index contributed by atoms with van der Waals surface area (Å²) in [5.41, 5.74) is 4.21. The second-order valence-electron chi connectivity index (χ2n) is 8.09. The maximum absolute atomic E-state index is 9.61. The van der Waals surface area contributed by atoms with Crippen LogP contribution in [-0.2, 0) is 9.59 Å². The lowest BCUT2D eigenvalue weighted by Crippen LogP contribution is -2.47. The van der Waals surface area contributed by atoms with E-state index in [4.69, 9.17) is 10.2 Å². The minimum Gasteiger partial charge on any atom is -0.478 e. The molecule has 3 N–H and O–H groups in total. The summed E-state index contributed by atoms with van der Waals surface area (Å²) >= 11 is 3.64. The van der Waals surface area contributed by atoms with Crippen molar-refractivity contribution < 1.29 is 24.9 Å². The average Bonchev–Trinajstić information content (AvgIpc) is 3.28. The second kappa shape index (κ2) is 14.2. The number of thiophene rings is 1. The van der Waals surface area contributed by atoms with E-state index in [0.717, 1.165) is 36.8 Å². The first kappa shape index (κ1) is 27.9. The molecule has 2 heterocycles. The number of carboxylic acids is 2. The van der Waals surface area contributed by atoms with Gasteiger partial charge >= 0.3 is 11.9 Å². The molecule has 1 aromatic heterocycles. The van der Waals surface area contributed by atoms with E-state index in [9.17, 15) is 14.7 Å². The van der Waals surface area contributed by atoms with Crippen molar-refractivity contribution in [2.75, 3.05) is 43.4 Å². The highest BCUT2D eigenvalue weighted by Gasteiger charge is 2.18. The number of aliphatic hydroxyl groups is 1. The molecule has 1 fully saturated rings. The third kappa shape index (κ3) is 9.50. The standard InChI is InChI=1S/C21H30N2OS2.C4H4O4/c1-16-6-4-7-19(17(16)2)23-13-11-22(12-14-23)10-5-15-25-21-9-8-20(26-21)18(3)24;5-3(6)1-2-4(7)8/h4,6-9,18,24H,5,10-15H2,1-3H3;1-2H,(H,5,6)(H,7,8). The number of piperazine rings is 1. The third-order valence-corrected chi connectivity index (χ3v) is 8.10. The van der Waals surface area contributed by atoms with E-state index in [-0.39, 0.29) is 6.10 Å². The predicted octanol–water partition coefficient (Wildman–Crippen LogP) is 4.43. The first-order valence-electron chi connectivity index (χ1n) is 11.3. The van der Waals surface area contributed by atoms with Crippen molar-refractivity contribution in [3.8, 4) is 0 Å². The Hall–Kier alpha value is -2.33. The molecule has 1 unspecified atom stereocenters. The van der Waals surface area contributed by atoms with Gasteiger partial charge in [0.2, 0.25) is 0 Å². The molecule has 2 aromatic rings. The number of benzene rings is 1. The topological polar surface area (TPSA) is 101 Å². The van der Waals surface area contributed by atoms with E-state index in [1.165, 1.54) is 34.0 Å². The Morgan fingerprint density at radius 1 is 1.06 bits per heavy atom. The number of carboxylic acid groups (broad SMARTS) is 2. The van der Waals surface area contributed by atoms with Crippen LogP contribution in [0.2, 0.25) is 0 Å². The molecule has 0 saturated carbocycles. The summed E-state index contributed by atoms with van der Waals surface area (Å²) in [6, 6.07) is 10.8. The molecule has 0 aliphatic carbocycles. The lowest BCUT2D eigenvalue weighted by molar-refractivity contribution is -0.134. The van der Waals surface area contributed by atoms with Gasteiger partial charge < -0.3 is 20.2 Å². The highest BCUT2D eigenvalue weighted by Crippen LogP contribution is 2.31. The Morgan fingerprint density at radius 2 is 1.71 bits per heavy atom. The molecule has 0 radical (unpaired) electrons. The van der Waals surface area contributed by atoms with Crippen molar-refractivity contribution in [1.29, 1.82) is 0 Å². The maximum Gasteiger partial charge on any atom is 0.328 e. The van der Waals surface area contributed by atoms with Gasteiger partial charge in [-0.25, -0.2) is 9.59 Å². The van der Waals surface area contributed by atoms with E-state index in [1.807, 2.05) is 24.8 Å². The minimum absolute atomic E-state index is 0.345. The van der Waals surface area contributed by atoms with E-state index < -0.39 is 11.9 Å². The first-order chi connectivity index (χ1) is 16.2. The fraction of sp³-hybridized carbons (Fsp3) is 0.440. The molecule has 0 amide bonds. The Kier molecular flexibility index (Phi) is 11.6. The fourth-order valence-electron chi connectivity index (χ4n) is 3.53. The summed E-state index contributed by atoms with van der Waals surface area (Å²) in [4.78, 5) is 25.3. The molecule has 3 rings (SSSR count). The van der Waals surface area contributed by atoms with Gasteiger partial charge in [0, 0.05) is 54.6 Å². The van der Waals surface area contributed by atoms with Crippen molar-refractivity contribution >= 4 is 40.7 Å². The van der Waals surface area contributed by atoms with E-state index in [0.29, 0.717) is 12.2 Å². The average molecular weight is 507 g/mol. The zero-order valence-corrected chi connectivity index (χ0v) is 21.6. The van der Waals surface area contributed by atoms with Gasteiger partial charge in [-0.2, -0.15) is 0 Å². The molecule has 0 bridgehead atoms. The molecule has 1 aliphatic heterocycles. The van der Waals surface area contributed by atoms with E-state index in [2.05, 4.69) is 47.9 Å². The summed E-state index contributed by atoms with van der Waals surface area (Å²) in [6.07, 6.45) is 1.99. The SMILES string of the molecule is Cc1cccc(N2CCN(CCCSc3ccc(C(C)O)s3)CC2)c1C.O=C(O)C=CC(=O)O. The largest absolute Gasteiger partial charge is 0.478 e. The number of nitrogens with zero attached hydrogens (tertiary/aromatic N) is 2. The highest BCUT2D eigenvalue weighted by atomic mass is 32.2. The quantitative estimate of drug-likeness (QED) is 0.261. The van der Waals surface area contributed by atoms with Crippen LogP contribution < -0.4 is 4.90 Å². The van der Waals surface area contributed by atoms with Gasteiger partial charge in [-0.3, -0.25) is 4.90 Å². The Bertz CT molecular complexity index is 950. The zero-order chi connectivity index (χ0) is 25.1. The molecule has 1 aliphatic rings. The molecule has 9 heteroatoms. The van der Waals surface area contributed by atoms with Crippen molar-refractivity contribution in [2.24, 2.45) is 0 Å². The number of aliphatic carboxylic acids is 2. The van der Waals surface area contributed by atoms with Crippen LogP contribution in [0.5, 0.6) is 0 Å². The molecular weight excluding hydrogens is 472 g/mol. The highest BCUT2D eigenvalue weighted by molar-refractivity contribution is 8.01. The van der Waals surface area contributed by atoms with Crippen LogP contribution in [-0.4, -0.2) is 70.6 Å². The normalized spacial score (nSPS) is 15.1. The number of anilines is 1. The summed E-state index contributed by atoms with van der Waals surface area (Å²) in [7, 11) is 0. The lowest BCUT2D eigenvalue weighted by atomic mass is 10.1. The van der Waals surface area contributed by atoms with Crippen LogP contribution in [0, 0.1) is 13.8 Å². The number of carbonyl (C=O) groups is 2. The second-order valence-corrected chi connectivity index (χ2v) is 10.6. The summed E-state index contributed by atoms with van der Waals surface area (Å²) in [5.74, 6) is -1.36. The molecule has 186 valence electrons. The van der Waals surface area contributed by atoms with Crippen LogP contribution >= 0.6 is 23.1 Å².